The van der Waals surface area contributed by atoms with E-state index in [1.807, 2.05) is 18.2 Å². The number of aromatic hydroxyl groups is 1. The lowest BCUT2D eigenvalue weighted by molar-refractivity contribution is 0.0697. The van der Waals surface area contributed by atoms with E-state index in [0.29, 0.717) is 11.4 Å². The third-order valence-electron chi connectivity index (χ3n) is 3.81. The fourth-order valence-corrected chi connectivity index (χ4v) is 2.60. The molecule has 0 atom stereocenters. The first kappa shape index (κ1) is 15.6. The van der Waals surface area contributed by atoms with Crippen molar-refractivity contribution in [3.05, 3.63) is 72.4 Å². The van der Waals surface area contributed by atoms with Gasteiger partial charge >= 0.3 is 12.0 Å². The summed E-state index contributed by atoms with van der Waals surface area (Å²) in [6.45, 7) is 0. The molecule has 0 spiro atoms. The summed E-state index contributed by atoms with van der Waals surface area (Å²) in [5.41, 5.74) is 2.36. The number of phenolic OH excluding ortho intramolecular Hbond substituents is 1. The number of benzene rings is 2. The summed E-state index contributed by atoms with van der Waals surface area (Å²) in [6, 6.07) is 16.7. The van der Waals surface area contributed by atoms with Gasteiger partial charge in [-0.2, -0.15) is 4.98 Å². The summed E-state index contributed by atoms with van der Waals surface area (Å²) in [5.74, 6) is -0.401. The van der Waals surface area contributed by atoms with Gasteiger partial charge in [0.25, 0.3) is 0 Å². The molecule has 2 heterocycles. The van der Waals surface area contributed by atoms with Crippen molar-refractivity contribution in [2.24, 2.45) is 0 Å². The Balaban J connectivity index is 1.69. The first-order valence-electron chi connectivity index (χ1n) is 7.76. The van der Waals surface area contributed by atoms with E-state index in [1.165, 1.54) is 12.1 Å². The highest BCUT2D eigenvalue weighted by Crippen LogP contribution is 2.28. The Morgan fingerprint density at radius 2 is 1.85 bits per heavy atom. The van der Waals surface area contributed by atoms with Crippen LogP contribution in [0, 0.1) is 0 Å². The van der Waals surface area contributed by atoms with Crippen LogP contribution < -0.4 is 4.74 Å². The van der Waals surface area contributed by atoms with Crippen LogP contribution in [0.5, 0.6) is 17.5 Å². The van der Waals surface area contributed by atoms with Crippen LogP contribution in [0.25, 0.3) is 16.8 Å². The first-order valence-corrected chi connectivity index (χ1v) is 7.76. The fraction of sp³-hybridized carbons (Fsp3) is 0. The molecule has 128 valence electrons. The number of pyridine rings is 1. The highest BCUT2D eigenvalue weighted by Gasteiger charge is 2.12. The summed E-state index contributed by atoms with van der Waals surface area (Å²) in [6.07, 6.45) is 1.75. The number of aromatic nitrogens is 3. The maximum atomic E-state index is 10.9. The molecule has 0 bridgehead atoms. The molecule has 0 aliphatic heterocycles. The van der Waals surface area contributed by atoms with Gasteiger partial charge in [0, 0.05) is 11.8 Å². The van der Waals surface area contributed by atoms with E-state index >= 15 is 0 Å². The predicted octanol–water partition coefficient (Wildman–Crippen LogP) is 3.59. The highest BCUT2D eigenvalue weighted by molar-refractivity contribution is 5.87. The number of aromatic carboxylic acids is 1. The lowest BCUT2D eigenvalue weighted by Gasteiger charge is -2.03. The number of carboxylic acids is 1. The summed E-state index contributed by atoms with van der Waals surface area (Å²) >= 11 is 0. The van der Waals surface area contributed by atoms with Gasteiger partial charge in [0.15, 0.2) is 5.65 Å². The van der Waals surface area contributed by atoms with Crippen molar-refractivity contribution in [2.75, 3.05) is 0 Å². The van der Waals surface area contributed by atoms with Crippen LogP contribution in [0.2, 0.25) is 0 Å². The number of hydrogen-bond acceptors (Lipinski definition) is 5. The highest BCUT2D eigenvalue weighted by atomic mass is 16.5. The number of hydrogen-bond donors (Lipinski definition) is 2. The van der Waals surface area contributed by atoms with Gasteiger partial charge in [-0.25, -0.2) is 9.31 Å². The van der Waals surface area contributed by atoms with E-state index in [9.17, 15) is 9.90 Å². The summed E-state index contributed by atoms with van der Waals surface area (Å²) in [4.78, 5) is 15.3. The van der Waals surface area contributed by atoms with Gasteiger partial charge < -0.3 is 14.9 Å². The molecule has 0 saturated heterocycles. The maximum Gasteiger partial charge on any atom is 0.341 e. The van der Waals surface area contributed by atoms with Gasteiger partial charge in [-0.3, -0.25) is 0 Å². The summed E-state index contributed by atoms with van der Waals surface area (Å²) in [5, 5.41) is 22.9. The topological polar surface area (TPSA) is 97.0 Å². The van der Waals surface area contributed by atoms with E-state index in [0.717, 1.165) is 11.1 Å². The minimum atomic E-state index is -1.00. The number of rotatable bonds is 4. The third kappa shape index (κ3) is 2.93. The normalized spacial score (nSPS) is 10.8. The van der Waals surface area contributed by atoms with Crippen molar-refractivity contribution in [1.29, 1.82) is 0 Å². The molecule has 2 aromatic carbocycles. The predicted molar refractivity (Wildman–Crippen MR) is 93.6 cm³/mol. The van der Waals surface area contributed by atoms with Crippen molar-refractivity contribution in [1.82, 2.24) is 14.6 Å². The second-order valence-corrected chi connectivity index (χ2v) is 5.57. The maximum absolute atomic E-state index is 10.9. The quantitative estimate of drug-likeness (QED) is 0.585. The van der Waals surface area contributed by atoms with Gasteiger partial charge in [-0.05, 0) is 54.1 Å². The summed E-state index contributed by atoms with van der Waals surface area (Å²) < 4.78 is 7.21. The Kier molecular flexibility index (Phi) is 3.74. The standard InChI is InChI=1S/C19H13N3O4/c23-14-4-1-3-13(11-14)16-5-2-10-22-17(16)20-19(21-22)26-15-8-6-12(7-9-15)18(24)25/h1-11,23H,(H,24,25). The molecule has 0 fully saturated rings. The molecule has 0 amide bonds. The second-order valence-electron chi connectivity index (χ2n) is 5.57. The number of carboxylic acid groups (broad SMARTS) is 1. The number of fused-ring (bicyclic) bond motifs is 1. The second kappa shape index (κ2) is 6.21. The zero-order valence-corrected chi connectivity index (χ0v) is 13.4. The van der Waals surface area contributed by atoms with E-state index in [-0.39, 0.29) is 17.3 Å². The Hall–Kier alpha value is -3.87. The molecular formula is C19H13N3O4. The largest absolute Gasteiger partial charge is 0.508 e. The molecule has 4 rings (SSSR count). The zero-order valence-electron chi connectivity index (χ0n) is 13.4. The van der Waals surface area contributed by atoms with Crippen LogP contribution in [0.4, 0.5) is 0 Å². The number of ether oxygens (including phenoxy) is 1. The van der Waals surface area contributed by atoms with Crippen molar-refractivity contribution in [3.8, 4) is 28.6 Å². The smallest absolute Gasteiger partial charge is 0.341 e. The number of carbonyl (C=O) groups is 1. The monoisotopic (exact) mass is 347 g/mol. The van der Waals surface area contributed by atoms with Crippen LogP contribution in [0.15, 0.2) is 66.9 Å². The first-order chi connectivity index (χ1) is 12.6. The lowest BCUT2D eigenvalue weighted by atomic mass is 10.1. The van der Waals surface area contributed by atoms with Crippen LogP contribution in [0.1, 0.15) is 10.4 Å². The molecule has 2 N–H and O–H groups in total. The number of phenols is 1. The van der Waals surface area contributed by atoms with E-state index < -0.39 is 5.97 Å². The Morgan fingerprint density at radius 1 is 1.04 bits per heavy atom. The Labute approximate surface area is 147 Å². The van der Waals surface area contributed by atoms with E-state index in [4.69, 9.17) is 9.84 Å². The van der Waals surface area contributed by atoms with Gasteiger partial charge in [0.05, 0.1) is 5.56 Å². The molecule has 0 unspecified atom stereocenters. The molecular weight excluding hydrogens is 334 g/mol. The van der Waals surface area contributed by atoms with Crippen LogP contribution in [-0.4, -0.2) is 30.8 Å². The molecule has 0 aliphatic rings. The van der Waals surface area contributed by atoms with Crippen molar-refractivity contribution < 1.29 is 19.7 Å². The van der Waals surface area contributed by atoms with Gasteiger partial charge in [0.2, 0.25) is 0 Å². The molecule has 7 heteroatoms. The average Bonchev–Trinajstić information content (AvgIpc) is 3.04. The van der Waals surface area contributed by atoms with Crippen LogP contribution in [0.3, 0.4) is 0 Å². The average molecular weight is 347 g/mol. The molecule has 2 aromatic heterocycles. The fourth-order valence-electron chi connectivity index (χ4n) is 2.60. The molecule has 26 heavy (non-hydrogen) atoms. The van der Waals surface area contributed by atoms with E-state index in [1.54, 1.807) is 41.0 Å². The zero-order chi connectivity index (χ0) is 18.1. The van der Waals surface area contributed by atoms with Crippen molar-refractivity contribution in [2.45, 2.75) is 0 Å². The summed E-state index contributed by atoms with van der Waals surface area (Å²) in [7, 11) is 0. The van der Waals surface area contributed by atoms with Crippen LogP contribution in [-0.2, 0) is 0 Å². The van der Waals surface area contributed by atoms with Crippen molar-refractivity contribution >= 4 is 11.6 Å². The minimum absolute atomic E-state index is 0.140. The molecule has 0 saturated carbocycles. The molecule has 0 aliphatic carbocycles. The SMILES string of the molecule is O=C(O)c1ccc(Oc2nc3c(-c4cccc(O)c4)cccn3n2)cc1. The van der Waals surface area contributed by atoms with Gasteiger partial charge in [-0.15, -0.1) is 5.10 Å². The van der Waals surface area contributed by atoms with Gasteiger partial charge in [0.1, 0.15) is 11.5 Å². The number of nitrogens with zero attached hydrogens (tertiary/aromatic N) is 3. The Bertz CT molecular complexity index is 1100. The Morgan fingerprint density at radius 3 is 2.58 bits per heavy atom. The molecule has 7 nitrogen and oxygen atoms in total. The minimum Gasteiger partial charge on any atom is -0.508 e. The van der Waals surface area contributed by atoms with Gasteiger partial charge in [-0.1, -0.05) is 12.1 Å². The molecule has 4 aromatic rings. The molecule has 0 radical (unpaired) electrons. The van der Waals surface area contributed by atoms with Crippen LogP contribution >= 0.6 is 0 Å². The lowest BCUT2D eigenvalue weighted by Crippen LogP contribution is -1.95. The van der Waals surface area contributed by atoms with Crippen molar-refractivity contribution in [3.63, 3.8) is 0 Å². The third-order valence-corrected chi connectivity index (χ3v) is 3.81. The van der Waals surface area contributed by atoms with E-state index in [2.05, 4.69) is 10.1 Å².